The van der Waals surface area contributed by atoms with Crippen molar-refractivity contribution in [3.05, 3.63) is 57.2 Å². The van der Waals surface area contributed by atoms with E-state index in [1.54, 1.807) is 28.4 Å². The number of benzene rings is 1. The van der Waals surface area contributed by atoms with Gasteiger partial charge < -0.3 is 15.5 Å². The molecule has 7 heteroatoms. The van der Waals surface area contributed by atoms with E-state index in [1.807, 2.05) is 17.5 Å². The van der Waals surface area contributed by atoms with Gasteiger partial charge in [0.15, 0.2) is 0 Å². The van der Waals surface area contributed by atoms with Gasteiger partial charge in [-0.15, -0.1) is 0 Å². The van der Waals surface area contributed by atoms with Crippen LogP contribution in [0.1, 0.15) is 17.5 Å². The molecule has 0 saturated carbocycles. The number of nitrogens with one attached hydrogen (secondary N) is 2. The Labute approximate surface area is 161 Å². The van der Waals surface area contributed by atoms with E-state index in [-0.39, 0.29) is 23.9 Å². The van der Waals surface area contributed by atoms with Crippen molar-refractivity contribution in [1.82, 2.24) is 15.5 Å². The summed E-state index contributed by atoms with van der Waals surface area (Å²) in [6.07, 6.45) is 1.15. The van der Waals surface area contributed by atoms with Crippen molar-refractivity contribution in [2.24, 2.45) is 0 Å². The third-order valence-electron chi connectivity index (χ3n) is 5.03. The summed E-state index contributed by atoms with van der Waals surface area (Å²) in [5.41, 5.74) is 2.22. The minimum atomic E-state index is -0.504. The second-order valence-corrected chi connectivity index (χ2v) is 8.06. The fraction of sp³-hybridized carbons (Fsp3) is 0.368. The van der Waals surface area contributed by atoms with Gasteiger partial charge in [0.1, 0.15) is 12.1 Å². The number of carbonyl (C=O) groups excluding carboxylic acids is 2. The molecule has 2 saturated heterocycles. The number of carbonyl (C=O) groups is 2. The molecule has 0 radical (unpaired) electrons. The lowest BCUT2D eigenvalue weighted by atomic mass is 10.0. The van der Waals surface area contributed by atoms with Gasteiger partial charge in [0.05, 0.1) is 0 Å². The number of piperazine rings is 1. The van der Waals surface area contributed by atoms with E-state index in [0.717, 1.165) is 12.1 Å². The summed E-state index contributed by atoms with van der Waals surface area (Å²) < 4.78 is 0. The Bertz CT molecular complexity index is 794. The molecule has 0 aliphatic carbocycles. The maximum atomic E-state index is 12.9. The van der Waals surface area contributed by atoms with Crippen molar-refractivity contribution in [2.45, 2.75) is 37.5 Å². The van der Waals surface area contributed by atoms with Crippen molar-refractivity contribution in [3.63, 3.8) is 0 Å². The fourth-order valence-electron chi connectivity index (χ4n) is 3.66. The molecule has 5 nitrogen and oxygen atoms in total. The molecule has 2 aromatic rings. The van der Waals surface area contributed by atoms with Crippen LogP contribution < -0.4 is 10.6 Å². The largest absolute Gasteiger partial charge is 0.342 e. The van der Waals surface area contributed by atoms with Crippen LogP contribution in [-0.2, 0) is 22.6 Å². The Kier molecular flexibility index (Phi) is 4.98. The monoisotopic (exact) mass is 389 g/mol. The second-order valence-electron chi connectivity index (χ2n) is 6.84. The Morgan fingerprint density at radius 1 is 1.19 bits per heavy atom. The Morgan fingerprint density at radius 3 is 2.73 bits per heavy atom. The van der Waals surface area contributed by atoms with Crippen molar-refractivity contribution in [3.8, 4) is 0 Å². The lowest BCUT2D eigenvalue weighted by molar-refractivity contribution is -0.147. The summed E-state index contributed by atoms with van der Waals surface area (Å²) in [6.45, 7) is 1.34. The van der Waals surface area contributed by atoms with Gasteiger partial charge in [-0.25, -0.2) is 0 Å². The number of hydrogen-bond donors (Lipinski definition) is 2. The highest BCUT2D eigenvalue weighted by Gasteiger charge is 2.46. The lowest BCUT2D eigenvalue weighted by Gasteiger charge is -2.34. The minimum Gasteiger partial charge on any atom is -0.342 e. The lowest BCUT2D eigenvalue weighted by Crippen LogP contribution is -2.61. The van der Waals surface area contributed by atoms with Crippen LogP contribution in [0.3, 0.4) is 0 Å². The average molecular weight is 390 g/mol. The Balaban J connectivity index is 1.40. The quantitative estimate of drug-likeness (QED) is 0.824. The molecule has 136 valence electrons. The molecule has 4 rings (SSSR count). The van der Waals surface area contributed by atoms with E-state index in [0.29, 0.717) is 24.4 Å². The van der Waals surface area contributed by atoms with Crippen LogP contribution >= 0.6 is 22.9 Å². The van der Waals surface area contributed by atoms with Gasteiger partial charge >= 0.3 is 0 Å². The van der Waals surface area contributed by atoms with Crippen molar-refractivity contribution in [1.29, 1.82) is 0 Å². The van der Waals surface area contributed by atoms with Gasteiger partial charge in [-0.3, -0.25) is 9.59 Å². The molecule has 26 heavy (non-hydrogen) atoms. The Hall–Kier alpha value is -1.89. The van der Waals surface area contributed by atoms with Gasteiger partial charge in [-0.2, -0.15) is 11.3 Å². The zero-order valence-electron chi connectivity index (χ0n) is 14.2. The first-order valence-electron chi connectivity index (χ1n) is 8.70. The van der Waals surface area contributed by atoms with Crippen LogP contribution in [0, 0.1) is 0 Å². The van der Waals surface area contributed by atoms with E-state index in [9.17, 15) is 9.59 Å². The van der Waals surface area contributed by atoms with E-state index in [1.165, 1.54) is 5.56 Å². The first kappa shape index (κ1) is 17.5. The van der Waals surface area contributed by atoms with Gasteiger partial charge in [0.2, 0.25) is 11.8 Å². The highest BCUT2D eigenvalue weighted by molar-refractivity contribution is 7.07. The molecule has 2 aliphatic rings. The van der Waals surface area contributed by atoms with Crippen LogP contribution in [-0.4, -0.2) is 41.4 Å². The molecule has 3 heterocycles. The second kappa shape index (κ2) is 7.39. The van der Waals surface area contributed by atoms with E-state index < -0.39 is 6.04 Å². The molecule has 1 aromatic heterocycles. The molecule has 2 N–H and O–H groups in total. The van der Waals surface area contributed by atoms with Gasteiger partial charge in [0, 0.05) is 30.6 Å². The molecule has 1 aromatic carbocycles. The third-order valence-corrected chi connectivity index (χ3v) is 6.01. The smallest absolute Gasteiger partial charge is 0.246 e. The molecule has 0 unspecified atom stereocenters. The van der Waals surface area contributed by atoms with Crippen LogP contribution in [0.2, 0.25) is 5.02 Å². The topological polar surface area (TPSA) is 61.4 Å². The maximum absolute atomic E-state index is 12.9. The highest BCUT2D eigenvalue weighted by atomic mass is 35.5. The predicted octanol–water partition coefficient (Wildman–Crippen LogP) is 2.20. The van der Waals surface area contributed by atoms with E-state index in [2.05, 4.69) is 22.1 Å². The third kappa shape index (κ3) is 3.63. The normalized spacial score (nSPS) is 25.3. The minimum absolute atomic E-state index is 0.00406. The van der Waals surface area contributed by atoms with Crippen molar-refractivity contribution >= 4 is 34.8 Å². The molecule has 0 bridgehead atoms. The maximum Gasteiger partial charge on any atom is 0.246 e. The van der Waals surface area contributed by atoms with Gasteiger partial charge in [-0.1, -0.05) is 23.7 Å². The molecule has 3 atom stereocenters. The van der Waals surface area contributed by atoms with Crippen molar-refractivity contribution < 1.29 is 9.59 Å². The zero-order valence-corrected chi connectivity index (χ0v) is 15.7. The zero-order chi connectivity index (χ0) is 18.1. The summed E-state index contributed by atoms with van der Waals surface area (Å²) in [6, 6.07) is 8.75. The number of amides is 2. The summed E-state index contributed by atoms with van der Waals surface area (Å²) in [5, 5.41) is 11.2. The van der Waals surface area contributed by atoms with E-state index in [4.69, 9.17) is 11.6 Å². The Morgan fingerprint density at radius 2 is 2.00 bits per heavy atom. The number of rotatable bonds is 5. The summed E-state index contributed by atoms with van der Waals surface area (Å²) >= 11 is 7.58. The number of nitrogens with zero attached hydrogens (tertiary/aromatic N) is 1. The summed E-state index contributed by atoms with van der Waals surface area (Å²) in [5.74, 6) is -0.0484. The molecule has 0 spiro atoms. The molecule has 2 amide bonds. The molecule has 2 aliphatic heterocycles. The summed E-state index contributed by atoms with van der Waals surface area (Å²) in [4.78, 5) is 27.1. The average Bonchev–Trinajstić information content (AvgIpc) is 3.29. The van der Waals surface area contributed by atoms with Crippen LogP contribution in [0.5, 0.6) is 0 Å². The van der Waals surface area contributed by atoms with Gasteiger partial charge in [-0.05, 0) is 46.5 Å². The van der Waals surface area contributed by atoms with E-state index >= 15 is 0 Å². The van der Waals surface area contributed by atoms with Crippen LogP contribution in [0.4, 0.5) is 0 Å². The summed E-state index contributed by atoms with van der Waals surface area (Å²) in [7, 11) is 0. The van der Waals surface area contributed by atoms with Crippen LogP contribution in [0.15, 0.2) is 41.1 Å². The van der Waals surface area contributed by atoms with Crippen molar-refractivity contribution in [2.75, 3.05) is 6.54 Å². The number of fused-ring (bicyclic) bond motifs is 1. The standard InChI is InChI=1S/C19H20ClN3O2S/c20-14-3-1-12(2-4-14)7-16-19(25)23-10-15(8-17(23)18(24)22-16)21-9-13-5-6-26-11-13/h1-6,11,15-17,21H,7-10H2,(H,22,24)/t15-,16-,17-/m0/s1. The molecular weight excluding hydrogens is 370 g/mol. The number of thiophene rings is 1. The highest BCUT2D eigenvalue weighted by Crippen LogP contribution is 2.24. The number of hydrogen-bond acceptors (Lipinski definition) is 4. The van der Waals surface area contributed by atoms with Crippen LogP contribution in [0.25, 0.3) is 0 Å². The fourth-order valence-corrected chi connectivity index (χ4v) is 4.45. The SMILES string of the molecule is O=C1N[C@@H](Cc2ccc(Cl)cc2)C(=O)N2C[C@@H](NCc3ccsc3)C[C@@H]12. The predicted molar refractivity (Wildman–Crippen MR) is 102 cm³/mol. The first-order chi connectivity index (χ1) is 12.6. The first-order valence-corrected chi connectivity index (χ1v) is 10.0. The molecular formula is C19H20ClN3O2S. The van der Waals surface area contributed by atoms with Gasteiger partial charge in [0.25, 0.3) is 0 Å². The number of halogens is 1. The molecule has 2 fully saturated rings.